The molecule has 2 aromatic carbocycles. The van der Waals surface area contributed by atoms with E-state index >= 15 is 0 Å². The van der Waals surface area contributed by atoms with Gasteiger partial charge in [-0.1, -0.05) is 24.3 Å². The molecule has 9 heteroatoms. The van der Waals surface area contributed by atoms with Crippen LogP contribution in [0.1, 0.15) is 5.56 Å². The predicted molar refractivity (Wildman–Crippen MR) is 131 cm³/mol. The maximum absolute atomic E-state index is 8.09. The Labute approximate surface area is 193 Å². The van der Waals surface area contributed by atoms with Crippen LogP contribution in [0, 0.1) is 5.41 Å². The number of guanidine groups is 1. The quantitative estimate of drug-likeness (QED) is 0.266. The molecule has 0 amide bonds. The molecule has 4 rings (SSSR count). The van der Waals surface area contributed by atoms with Crippen LogP contribution in [0.4, 0.5) is 5.13 Å². The van der Waals surface area contributed by atoms with Crippen LogP contribution in [0.5, 0.6) is 11.5 Å². The van der Waals surface area contributed by atoms with Gasteiger partial charge in [0.2, 0.25) is 0 Å². The largest absolute Gasteiger partial charge is 0.496 e. The fraction of sp³-hybridized carbons (Fsp3) is 0.143. The molecular weight excluding hydrogens is 484 g/mol. The lowest BCUT2D eigenvalue weighted by atomic mass is 10.1. The van der Waals surface area contributed by atoms with E-state index in [-0.39, 0.29) is 22.9 Å². The summed E-state index contributed by atoms with van der Waals surface area (Å²) in [6, 6.07) is 16.0. The van der Waals surface area contributed by atoms with Gasteiger partial charge < -0.3 is 15.2 Å². The highest BCUT2D eigenvalue weighted by molar-refractivity contribution is 8.93. The highest BCUT2D eigenvalue weighted by Gasteiger charge is 2.20. The van der Waals surface area contributed by atoms with Crippen molar-refractivity contribution in [1.82, 2.24) is 4.98 Å². The average Bonchev–Trinajstić information content (AvgIpc) is 3.38. The summed E-state index contributed by atoms with van der Waals surface area (Å²) in [6.45, 7) is 0.321. The number of methoxy groups -OCH3 is 2. The summed E-state index contributed by atoms with van der Waals surface area (Å²) >= 11 is 3.16. The second-order valence-corrected chi connectivity index (χ2v) is 8.20. The van der Waals surface area contributed by atoms with Gasteiger partial charge in [-0.05, 0) is 29.7 Å². The van der Waals surface area contributed by atoms with Crippen molar-refractivity contribution < 1.29 is 9.47 Å². The van der Waals surface area contributed by atoms with Gasteiger partial charge in [-0.3, -0.25) is 10.3 Å². The fourth-order valence-electron chi connectivity index (χ4n) is 3.11. The van der Waals surface area contributed by atoms with E-state index in [1.54, 1.807) is 30.5 Å². The normalized spacial score (nSPS) is 10.5. The van der Waals surface area contributed by atoms with E-state index in [1.165, 1.54) is 21.4 Å². The molecule has 6 nitrogen and oxygen atoms in total. The molecule has 0 radical (unpaired) electrons. The lowest BCUT2D eigenvalue weighted by Crippen LogP contribution is -2.36. The van der Waals surface area contributed by atoms with E-state index in [0.717, 1.165) is 16.1 Å². The molecule has 0 atom stereocenters. The molecular formula is C21H21BrN4O2S2. The Morgan fingerprint density at radius 1 is 1.10 bits per heavy atom. The van der Waals surface area contributed by atoms with Gasteiger partial charge in [0.1, 0.15) is 11.5 Å². The zero-order chi connectivity index (χ0) is 20.4. The third-order valence-electron chi connectivity index (χ3n) is 4.54. The van der Waals surface area contributed by atoms with E-state index in [2.05, 4.69) is 18.2 Å². The summed E-state index contributed by atoms with van der Waals surface area (Å²) in [4.78, 5) is 7.50. The molecule has 0 spiro atoms. The van der Waals surface area contributed by atoms with Crippen LogP contribution >= 0.6 is 39.7 Å². The number of ether oxygens (including phenoxy) is 2. The Hall–Kier alpha value is -2.62. The zero-order valence-electron chi connectivity index (χ0n) is 16.4. The topological polar surface area (TPSA) is 84.5 Å². The second-order valence-electron chi connectivity index (χ2n) is 6.28. The zero-order valence-corrected chi connectivity index (χ0v) is 19.8. The molecule has 2 heterocycles. The number of thiazole rings is 1. The van der Waals surface area contributed by atoms with Crippen LogP contribution in [0.15, 0.2) is 53.9 Å². The van der Waals surface area contributed by atoms with E-state index in [4.69, 9.17) is 25.6 Å². The maximum atomic E-state index is 8.09. The van der Waals surface area contributed by atoms with E-state index in [9.17, 15) is 0 Å². The summed E-state index contributed by atoms with van der Waals surface area (Å²) in [5, 5.41) is 11.9. The summed E-state index contributed by atoms with van der Waals surface area (Å²) in [6.07, 6.45) is 0. The number of benzene rings is 2. The van der Waals surface area contributed by atoms with Crippen molar-refractivity contribution in [2.45, 2.75) is 6.54 Å². The Kier molecular flexibility index (Phi) is 6.96. The van der Waals surface area contributed by atoms with Crippen LogP contribution in [0.2, 0.25) is 0 Å². The number of halogens is 1. The molecule has 0 bridgehead atoms. The van der Waals surface area contributed by atoms with Gasteiger partial charge in [0, 0.05) is 10.1 Å². The van der Waals surface area contributed by atoms with Gasteiger partial charge in [0.15, 0.2) is 11.1 Å². The SMILES string of the molecule is Br.COc1cccc(OC)c1CN(C(=N)N)c1nc(-c2cc3ccccc3s2)cs1. The van der Waals surface area contributed by atoms with Crippen molar-refractivity contribution in [1.29, 1.82) is 5.41 Å². The first-order chi connectivity index (χ1) is 14.1. The van der Waals surface area contributed by atoms with Crippen LogP contribution in [0.3, 0.4) is 0 Å². The van der Waals surface area contributed by atoms with Crippen LogP contribution in [-0.4, -0.2) is 25.2 Å². The molecule has 0 fully saturated rings. The molecule has 156 valence electrons. The summed E-state index contributed by atoms with van der Waals surface area (Å²) in [7, 11) is 3.22. The van der Waals surface area contributed by atoms with Gasteiger partial charge in [-0.15, -0.1) is 39.7 Å². The van der Waals surface area contributed by atoms with E-state index in [1.807, 2.05) is 35.7 Å². The molecule has 3 N–H and O–H groups in total. The molecule has 0 aliphatic rings. The van der Waals surface area contributed by atoms with Crippen molar-refractivity contribution in [3.05, 3.63) is 59.5 Å². The van der Waals surface area contributed by atoms with Crippen molar-refractivity contribution in [3.8, 4) is 22.1 Å². The van der Waals surface area contributed by atoms with Crippen molar-refractivity contribution >= 4 is 60.8 Å². The van der Waals surface area contributed by atoms with E-state index < -0.39 is 0 Å². The molecule has 0 unspecified atom stereocenters. The number of nitrogens with one attached hydrogen (secondary N) is 1. The third-order valence-corrected chi connectivity index (χ3v) is 6.54. The smallest absolute Gasteiger partial charge is 0.195 e. The second kappa shape index (κ2) is 9.46. The summed E-state index contributed by atoms with van der Waals surface area (Å²) in [5.41, 5.74) is 7.60. The Bertz CT molecular complexity index is 1120. The predicted octanol–water partition coefficient (Wildman–Crippen LogP) is 5.52. The summed E-state index contributed by atoms with van der Waals surface area (Å²) < 4.78 is 12.2. The van der Waals surface area contributed by atoms with Gasteiger partial charge in [0.25, 0.3) is 0 Å². The van der Waals surface area contributed by atoms with Crippen LogP contribution < -0.4 is 20.1 Å². The van der Waals surface area contributed by atoms with Crippen LogP contribution in [-0.2, 0) is 6.54 Å². The summed E-state index contributed by atoms with van der Waals surface area (Å²) in [5.74, 6) is 1.27. The molecule has 0 aliphatic heterocycles. The number of aromatic nitrogens is 1. The Morgan fingerprint density at radius 3 is 2.43 bits per heavy atom. The monoisotopic (exact) mass is 504 g/mol. The standard InChI is InChI=1S/C21H20N4O2S2.BrH/c1-26-16-7-5-8-17(27-2)14(16)11-25(20(22)23)21-24-15(12-28-21)19-10-13-6-3-4-9-18(13)29-19;/h3-10,12H,11H2,1-2H3,(H3,22,23);1H. The average molecular weight is 505 g/mol. The number of fused-ring (bicyclic) bond motifs is 1. The number of nitrogens with zero attached hydrogens (tertiary/aromatic N) is 2. The molecule has 0 saturated carbocycles. The third kappa shape index (κ3) is 4.28. The number of hydrogen-bond donors (Lipinski definition) is 2. The fourth-order valence-corrected chi connectivity index (χ4v) is 5.04. The van der Waals surface area contributed by atoms with Crippen molar-refractivity contribution in [3.63, 3.8) is 0 Å². The van der Waals surface area contributed by atoms with Gasteiger partial charge >= 0.3 is 0 Å². The number of rotatable bonds is 6. The molecule has 0 saturated heterocycles. The first-order valence-corrected chi connectivity index (χ1v) is 10.6. The van der Waals surface area contributed by atoms with Gasteiger partial charge in [0.05, 0.1) is 36.9 Å². The number of nitrogens with two attached hydrogens (primary N) is 1. The highest BCUT2D eigenvalue weighted by atomic mass is 79.9. The maximum Gasteiger partial charge on any atom is 0.195 e. The van der Waals surface area contributed by atoms with Crippen LogP contribution in [0.25, 0.3) is 20.7 Å². The minimum atomic E-state index is -0.0878. The van der Waals surface area contributed by atoms with Gasteiger partial charge in [-0.2, -0.15) is 0 Å². The first kappa shape index (κ1) is 22.1. The van der Waals surface area contributed by atoms with E-state index in [0.29, 0.717) is 23.2 Å². The Balaban J connectivity index is 0.00000256. The van der Waals surface area contributed by atoms with Gasteiger partial charge in [-0.25, -0.2) is 4.98 Å². The minimum absolute atomic E-state index is 0. The Morgan fingerprint density at radius 2 is 1.80 bits per heavy atom. The molecule has 30 heavy (non-hydrogen) atoms. The minimum Gasteiger partial charge on any atom is -0.496 e. The lowest BCUT2D eigenvalue weighted by molar-refractivity contribution is 0.385. The van der Waals surface area contributed by atoms with Crippen molar-refractivity contribution in [2.24, 2.45) is 5.73 Å². The first-order valence-electron chi connectivity index (χ1n) is 8.86. The number of hydrogen-bond acceptors (Lipinski definition) is 6. The lowest BCUT2D eigenvalue weighted by Gasteiger charge is -2.22. The molecule has 2 aromatic heterocycles. The highest BCUT2D eigenvalue weighted by Crippen LogP contribution is 2.37. The number of anilines is 1. The number of thiophene rings is 1. The van der Waals surface area contributed by atoms with Crippen molar-refractivity contribution in [2.75, 3.05) is 19.1 Å². The molecule has 0 aliphatic carbocycles. The molecule has 4 aromatic rings.